The minimum atomic E-state index is -4.54. The number of ether oxygens (including phenoxy) is 1. The molecule has 2 aromatic rings. The first-order valence-corrected chi connectivity index (χ1v) is 16.0. The molecule has 3 rings (SSSR count). The molecule has 2 N–H and O–H groups in total. The Morgan fingerprint density at radius 1 is 1.14 bits per heavy atom. The van der Waals surface area contributed by atoms with Gasteiger partial charge in [-0.1, -0.05) is 19.9 Å². The maximum Gasteiger partial charge on any atom is 0.394 e. The number of aromatic nitrogens is 2. The second-order valence-corrected chi connectivity index (χ2v) is 15.1. The third-order valence-corrected chi connectivity index (χ3v) is 9.50. The predicted molar refractivity (Wildman–Crippen MR) is 152 cm³/mol. The van der Waals surface area contributed by atoms with Crippen LogP contribution in [0, 0.1) is 18.3 Å². The normalized spacial score (nSPS) is 18.6. The number of alkyl halides is 5. The van der Waals surface area contributed by atoms with E-state index in [1.807, 2.05) is 0 Å². The third kappa shape index (κ3) is 8.90. The van der Waals surface area contributed by atoms with Crippen LogP contribution in [-0.2, 0) is 22.8 Å². The summed E-state index contributed by atoms with van der Waals surface area (Å²) < 4.78 is 97.2. The molecule has 1 heterocycles. The molecule has 1 aromatic carbocycles. The van der Waals surface area contributed by atoms with Crippen molar-refractivity contribution < 1.29 is 45.0 Å². The summed E-state index contributed by atoms with van der Waals surface area (Å²) in [5.74, 6) is -0.863. The number of nitrogens with zero attached hydrogens (tertiary/aromatic N) is 2. The number of carbonyl (C=O) groups is 1. The monoisotopic (exact) mass is 637 g/mol. The van der Waals surface area contributed by atoms with Crippen molar-refractivity contribution in [2.24, 2.45) is 11.3 Å². The van der Waals surface area contributed by atoms with Crippen molar-refractivity contribution in [2.45, 2.75) is 96.9 Å². The number of hydrogen-bond donors (Lipinski definition) is 2. The zero-order chi connectivity index (χ0) is 32.5. The SMILES string of the molecule is Cc1c(C(=O)NCC2CCC(S(C)(=O)=O)CC2)nn(CC(C)(C)O)c1-c1ccc(CC(C)(C)C(F)(F)F)cc1OC(F)F. The van der Waals surface area contributed by atoms with E-state index in [2.05, 4.69) is 10.4 Å². The lowest BCUT2D eigenvalue weighted by molar-refractivity contribution is -0.211. The van der Waals surface area contributed by atoms with E-state index in [0.29, 0.717) is 31.2 Å². The number of hydrogen-bond acceptors (Lipinski definition) is 6. The van der Waals surface area contributed by atoms with E-state index >= 15 is 0 Å². The van der Waals surface area contributed by atoms with E-state index in [9.17, 15) is 40.3 Å². The Morgan fingerprint density at radius 3 is 2.26 bits per heavy atom. The molecule has 14 heteroatoms. The number of halogens is 5. The third-order valence-electron chi connectivity index (χ3n) is 7.82. The highest BCUT2D eigenvalue weighted by molar-refractivity contribution is 7.91. The van der Waals surface area contributed by atoms with Crippen LogP contribution in [0.2, 0.25) is 0 Å². The molecule has 1 aliphatic rings. The Morgan fingerprint density at radius 2 is 1.74 bits per heavy atom. The molecule has 242 valence electrons. The van der Waals surface area contributed by atoms with Gasteiger partial charge < -0.3 is 15.2 Å². The summed E-state index contributed by atoms with van der Waals surface area (Å²) in [6.45, 7) is 3.45. The second kappa shape index (κ2) is 12.7. The maximum absolute atomic E-state index is 13.5. The van der Waals surface area contributed by atoms with Gasteiger partial charge in [-0.2, -0.15) is 27.1 Å². The number of nitrogens with one attached hydrogen (secondary N) is 1. The molecule has 43 heavy (non-hydrogen) atoms. The second-order valence-electron chi connectivity index (χ2n) is 12.7. The van der Waals surface area contributed by atoms with Gasteiger partial charge in [0, 0.05) is 23.9 Å². The summed E-state index contributed by atoms with van der Waals surface area (Å²) in [7, 11) is -3.13. The average Bonchev–Trinajstić information content (AvgIpc) is 3.15. The largest absolute Gasteiger partial charge is 0.434 e. The topological polar surface area (TPSA) is 111 Å². The molecule has 1 aliphatic carbocycles. The lowest BCUT2D eigenvalue weighted by Crippen LogP contribution is -2.34. The van der Waals surface area contributed by atoms with Crippen LogP contribution in [-0.4, -0.2) is 65.7 Å². The molecule has 0 spiro atoms. The van der Waals surface area contributed by atoms with Gasteiger partial charge in [0.15, 0.2) is 5.69 Å². The van der Waals surface area contributed by atoms with Crippen LogP contribution in [0.25, 0.3) is 11.3 Å². The van der Waals surface area contributed by atoms with Crippen LogP contribution in [0.3, 0.4) is 0 Å². The molecule has 1 aromatic heterocycles. The predicted octanol–water partition coefficient (Wildman–Crippen LogP) is 5.70. The summed E-state index contributed by atoms with van der Waals surface area (Å²) in [4.78, 5) is 13.3. The molecule has 8 nitrogen and oxygen atoms in total. The molecule has 1 saturated carbocycles. The quantitative estimate of drug-likeness (QED) is 0.306. The highest BCUT2D eigenvalue weighted by Crippen LogP contribution is 2.42. The van der Waals surface area contributed by atoms with Crippen molar-refractivity contribution in [3.05, 3.63) is 35.0 Å². The van der Waals surface area contributed by atoms with Crippen molar-refractivity contribution in [3.8, 4) is 17.0 Å². The molecule has 0 bridgehead atoms. The van der Waals surface area contributed by atoms with Crippen LogP contribution >= 0.6 is 0 Å². The Bertz CT molecular complexity index is 1410. The van der Waals surface area contributed by atoms with Gasteiger partial charge in [-0.3, -0.25) is 9.48 Å². The van der Waals surface area contributed by atoms with Crippen molar-refractivity contribution in [1.29, 1.82) is 0 Å². The molecule has 0 saturated heterocycles. The molecule has 0 radical (unpaired) electrons. The Kier molecular flexibility index (Phi) is 10.3. The molecular formula is C29H40F5N3O5S. The van der Waals surface area contributed by atoms with Crippen LogP contribution < -0.4 is 10.1 Å². The summed E-state index contributed by atoms with van der Waals surface area (Å²) in [5.41, 5.74) is -2.81. The van der Waals surface area contributed by atoms with Crippen LogP contribution in [0.5, 0.6) is 5.75 Å². The standard InChI is InChI=1S/C29H40F5N3O5S/c1-17-23(25(38)35-15-18-7-10-20(11-8-18)43(6,40)41)36-37(16-28(4,5)39)24(17)21-12-9-19(13-22(21)42-26(30)31)14-27(2,3)29(32,33)34/h9,12-13,18,20,26,39H,7-8,10-11,14-16H2,1-6H3,(H,35,38). The summed E-state index contributed by atoms with van der Waals surface area (Å²) in [5, 5.41) is 17.4. The summed E-state index contributed by atoms with van der Waals surface area (Å²) in [6, 6.07) is 3.86. The zero-order valence-corrected chi connectivity index (χ0v) is 26.0. The number of amides is 1. The minimum Gasteiger partial charge on any atom is -0.434 e. The molecule has 0 unspecified atom stereocenters. The molecule has 1 fully saturated rings. The van der Waals surface area contributed by atoms with Crippen LogP contribution in [0.4, 0.5) is 22.0 Å². The summed E-state index contributed by atoms with van der Waals surface area (Å²) >= 11 is 0. The van der Waals surface area contributed by atoms with Gasteiger partial charge in [0.1, 0.15) is 15.6 Å². The highest BCUT2D eigenvalue weighted by atomic mass is 32.2. The lowest BCUT2D eigenvalue weighted by Gasteiger charge is -2.28. The smallest absolute Gasteiger partial charge is 0.394 e. The Balaban J connectivity index is 1.96. The molecule has 0 aliphatic heterocycles. The van der Waals surface area contributed by atoms with E-state index < -0.39 is 51.2 Å². The number of benzene rings is 1. The van der Waals surface area contributed by atoms with Crippen molar-refractivity contribution >= 4 is 15.7 Å². The van der Waals surface area contributed by atoms with Crippen molar-refractivity contribution in [2.75, 3.05) is 12.8 Å². The fourth-order valence-corrected chi connectivity index (χ4v) is 6.48. The van der Waals surface area contributed by atoms with Gasteiger partial charge in [0.2, 0.25) is 0 Å². The van der Waals surface area contributed by atoms with Gasteiger partial charge in [-0.25, -0.2) is 8.42 Å². The van der Waals surface area contributed by atoms with E-state index in [4.69, 9.17) is 4.74 Å². The van der Waals surface area contributed by atoms with E-state index in [0.717, 1.165) is 19.9 Å². The zero-order valence-electron chi connectivity index (χ0n) is 25.2. The number of carbonyl (C=O) groups excluding carboxylic acids is 1. The molecule has 0 atom stereocenters. The van der Waals surface area contributed by atoms with Gasteiger partial charge in [-0.15, -0.1) is 0 Å². The molecule has 1 amide bonds. The van der Waals surface area contributed by atoms with Gasteiger partial charge >= 0.3 is 12.8 Å². The Labute approximate surface area is 248 Å². The minimum absolute atomic E-state index is 0.0191. The highest BCUT2D eigenvalue weighted by Gasteiger charge is 2.47. The van der Waals surface area contributed by atoms with Gasteiger partial charge in [0.25, 0.3) is 5.91 Å². The van der Waals surface area contributed by atoms with Crippen LogP contribution in [0.1, 0.15) is 75.0 Å². The van der Waals surface area contributed by atoms with Crippen LogP contribution in [0.15, 0.2) is 18.2 Å². The van der Waals surface area contributed by atoms with E-state index in [-0.39, 0.29) is 47.3 Å². The number of aliphatic hydroxyl groups is 1. The Hall–Kier alpha value is -2.74. The number of rotatable bonds is 11. The van der Waals surface area contributed by atoms with Crippen molar-refractivity contribution in [3.63, 3.8) is 0 Å². The van der Waals surface area contributed by atoms with E-state index in [1.54, 1.807) is 6.92 Å². The first kappa shape index (κ1) is 34.7. The summed E-state index contributed by atoms with van der Waals surface area (Å²) in [6.07, 6.45) is -1.54. The molecular weight excluding hydrogens is 597 g/mol. The fourth-order valence-electron chi connectivity index (χ4n) is 5.35. The maximum atomic E-state index is 13.5. The van der Waals surface area contributed by atoms with Crippen molar-refractivity contribution in [1.82, 2.24) is 15.1 Å². The lowest BCUT2D eigenvalue weighted by atomic mass is 9.84. The fraction of sp³-hybridized carbons (Fsp3) is 0.655. The first-order chi connectivity index (χ1) is 19.6. The average molecular weight is 638 g/mol. The first-order valence-electron chi connectivity index (χ1n) is 14.0. The van der Waals surface area contributed by atoms with Gasteiger partial charge in [0.05, 0.1) is 28.5 Å². The van der Waals surface area contributed by atoms with Gasteiger partial charge in [-0.05, 0) is 76.5 Å². The number of sulfone groups is 1. The van der Waals surface area contributed by atoms with E-state index in [1.165, 1.54) is 36.9 Å².